The van der Waals surface area contributed by atoms with Crippen LogP contribution in [-0.2, 0) is 4.74 Å². The van der Waals surface area contributed by atoms with E-state index in [1.807, 2.05) is 12.3 Å². The van der Waals surface area contributed by atoms with E-state index in [0.717, 1.165) is 26.1 Å². The molecule has 1 heterocycles. The Morgan fingerprint density at radius 2 is 2.46 bits per heavy atom. The van der Waals surface area contributed by atoms with Crippen molar-refractivity contribution in [3.63, 3.8) is 0 Å². The zero-order chi connectivity index (χ0) is 9.68. The first-order valence-electron chi connectivity index (χ1n) is 4.59. The second-order valence-corrected chi connectivity index (χ2v) is 3.38. The second-order valence-electron chi connectivity index (χ2n) is 3.38. The summed E-state index contributed by atoms with van der Waals surface area (Å²) in [7, 11) is 0. The summed E-state index contributed by atoms with van der Waals surface area (Å²) >= 11 is 0. The van der Waals surface area contributed by atoms with Crippen LogP contribution in [0.4, 0.5) is 4.79 Å². The Bertz CT molecular complexity index is 169. The summed E-state index contributed by atoms with van der Waals surface area (Å²) in [4.78, 5) is 10.9. The monoisotopic (exact) mass is 187 g/mol. The van der Waals surface area contributed by atoms with E-state index < -0.39 is 0 Å². The molecular formula is C8H17N3O2. The number of urea groups is 1. The van der Waals surface area contributed by atoms with Gasteiger partial charge in [0.2, 0.25) is 0 Å². The van der Waals surface area contributed by atoms with E-state index in [-0.39, 0.29) is 12.1 Å². The molecule has 0 saturated carbocycles. The van der Waals surface area contributed by atoms with Crippen LogP contribution in [0.25, 0.3) is 0 Å². The highest BCUT2D eigenvalue weighted by atomic mass is 16.5. The molecule has 76 valence electrons. The van der Waals surface area contributed by atoms with Crippen molar-refractivity contribution >= 4 is 6.03 Å². The molecule has 1 aliphatic heterocycles. The lowest BCUT2D eigenvalue weighted by Crippen LogP contribution is -2.48. The maximum Gasteiger partial charge on any atom is 0.329 e. The molecule has 0 spiro atoms. The summed E-state index contributed by atoms with van der Waals surface area (Å²) < 4.78 is 5.32. The molecule has 0 aromatic heterocycles. The van der Waals surface area contributed by atoms with Gasteiger partial charge in [0.05, 0.1) is 6.61 Å². The van der Waals surface area contributed by atoms with Gasteiger partial charge in [0, 0.05) is 18.6 Å². The molecule has 4 N–H and O–H groups in total. The highest BCUT2D eigenvalue weighted by molar-refractivity contribution is 5.73. The van der Waals surface area contributed by atoms with Gasteiger partial charge < -0.3 is 10.1 Å². The summed E-state index contributed by atoms with van der Waals surface area (Å²) in [6.45, 7) is 3.53. The minimum atomic E-state index is -0.335. The van der Waals surface area contributed by atoms with Crippen LogP contribution < -0.4 is 16.6 Å². The fourth-order valence-electron chi connectivity index (χ4n) is 1.53. The van der Waals surface area contributed by atoms with Gasteiger partial charge >= 0.3 is 6.03 Å². The molecule has 1 aliphatic rings. The molecule has 1 saturated heterocycles. The lowest BCUT2D eigenvalue weighted by atomic mass is 9.95. The van der Waals surface area contributed by atoms with E-state index in [9.17, 15) is 4.79 Å². The minimum Gasteiger partial charge on any atom is -0.381 e. The standard InChI is InChI=1S/C8H17N3O2/c1-6(10-8(12)11-9)7-3-2-4-13-5-7/h6-7H,2-5,9H2,1H3,(H2,10,11,12). The average Bonchev–Trinajstić information content (AvgIpc) is 2.19. The third-order valence-corrected chi connectivity index (χ3v) is 2.39. The van der Waals surface area contributed by atoms with Gasteiger partial charge in [-0.25, -0.2) is 10.6 Å². The zero-order valence-corrected chi connectivity index (χ0v) is 7.88. The first kappa shape index (κ1) is 10.3. The number of carbonyl (C=O) groups excluding carboxylic acids is 1. The summed E-state index contributed by atoms with van der Waals surface area (Å²) in [5.41, 5.74) is 2.04. The topological polar surface area (TPSA) is 76.4 Å². The molecule has 2 unspecified atom stereocenters. The minimum absolute atomic E-state index is 0.115. The normalized spacial score (nSPS) is 24.9. The van der Waals surface area contributed by atoms with E-state index in [0.29, 0.717) is 5.92 Å². The lowest BCUT2D eigenvalue weighted by Gasteiger charge is -2.27. The van der Waals surface area contributed by atoms with Crippen LogP contribution in [0.5, 0.6) is 0 Å². The maximum absolute atomic E-state index is 10.9. The predicted octanol–water partition coefficient (Wildman–Crippen LogP) is -0.0256. The van der Waals surface area contributed by atoms with Crippen LogP contribution in [0.3, 0.4) is 0 Å². The molecule has 0 aromatic carbocycles. The van der Waals surface area contributed by atoms with Crippen LogP contribution >= 0.6 is 0 Å². The van der Waals surface area contributed by atoms with Crippen molar-refractivity contribution in [1.29, 1.82) is 0 Å². The molecule has 1 rings (SSSR count). The van der Waals surface area contributed by atoms with Gasteiger partial charge in [-0.15, -0.1) is 0 Å². The number of amides is 2. The summed E-state index contributed by atoms with van der Waals surface area (Å²) in [6, 6.07) is -0.220. The Morgan fingerprint density at radius 3 is 3.00 bits per heavy atom. The lowest BCUT2D eigenvalue weighted by molar-refractivity contribution is 0.0435. The van der Waals surface area contributed by atoms with Gasteiger partial charge in [-0.1, -0.05) is 0 Å². The Kier molecular flexibility index (Phi) is 3.98. The van der Waals surface area contributed by atoms with Gasteiger partial charge in [-0.3, -0.25) is 5.43 Å². The van der Waals surface area contributed by atoms with Crippen molar-refractivity contribution < 1.29 is 9.53 Å². The number of nitrogens with two attached hydrogens (primary N) is 1. The van der Waals surface area contributed by atoms with Crippen molar-refractivity contribution in [2.45, 2.75) is 25.8 Å². The first-order valence-corrected chi connectivity index (χ1v) is 4.59. The molecule has 2 amide bonds. The number of rotatable bonds is 2. The van der Waals surface area contributed by atoms with Crippen LogP contribution in [0.2, 0.25) is 0 Å². The van der Waals surface area contributed by atoms with E-state index >= 15 is 0 Å². The Morgan fingerprint density at radius 1 is 1.69 bits per heavy atom. The smallest absolute Gasteiger partial charge is 0.329 e. The van der Waals surface area contributed by atoms with Gasteiger partial charge in [0.1, 0.15) is 0 Å². The second kappa shape index (κ2) is 5.04. The predicted molar refractivity (Wildman–Crippen MR) is 48.9 cm³/mol. The van der Waals surface area contributed by atoms with Crippen molar-refractivity contribution in [1.82, 2.24) is 10.7 Å². The fraction of sp³-hybridized carbons (Fsp3) is 0.875. The van der Waals surface area contributed by atoms with Crippen molar-refractivity contribution in [3.05, 3.63) is 0 Å². The van der Waals surface area contributed by atoms with E-state index in [1.54, 1.807) is 0 Å². The van der Waals surface area contributed by atoms with Crippen molar-refractivity contribution in [3.8, 4) is 0 Å². The summed E-state index contributed by atoms with van der Waals surface area (Å²) in [5.74, 6) is 5.36. The van der Waals surface area contributed by atoms with Crippen LogP contribution in [0.15, 0.2) is 0 Å². The maximum atomic E-state index is 10.9. The highest BCUT2D eigenvalue weighted by Gasteiger charge is 2.21. The molecule has 0 aliphatic carbocycles. The Hall–Kier alpha value is -0.810. The highest BCUT2D eigenvalue weighted by Crippen LogP contribution is 2.16. The molecule has 0 bridgehead atoms. The molecular weight excluding hydrogens is 170 g/mol. The van der Waals surface area contributed by atoms with Crippen molar-refractivity contribution in [2.24, 2.45) is 11.8 Å². The Labute approximate surface area is 78.0 Å². The van der Waals surface area contributed by atoms with Crippen LogP contribution in [-0.4, -0.2) is 25.3 Å². The Balaban J connectivity index is 2.28. The number of carbonyl (C=O) groups is 1. The number of ether oxygens (including phenoxy) is 1. The summed E-state index contributed by atoms with van der Waals surface area (Å²) in [6.07, 6.45) is 2.17. The molecule has 5 nitrogen and oxygen atoms in total. The molecule has 5 heteroatoms. The third kappa shape index (κ3) is 3.20. The molecule has 13 heavy (non-hydrogen) atoms. The number of hydrogen-bond acceptors (Lipinski definition) is 3. The molecule has 2 atom stereocenters. The third-order valence-electron chi connectivity index (χ3n) is 2.39. The zero-order valence-electron chi connectivity index (χ0n) is 7.88. The average molecular weight is 187 g/mol. The fourth-order valence-corrected chi connectivity index (χ4v) is 1.53. The van der Waals surface area contributed by atoms with Crippen molar-refractivity contribution in [2.75, 3.05) is 13.2 Å². The van der Waals surface area contributed by atoms with Gasteiger partial charge in [0.15, 0.2) is 0 Å². The van der Waals surface area contributed by atoms with Crippen LogP contribution in [0.1, 0.15) is 19.8 Å². The first-order chi connectivity index (χ1) is 6.24. The van der Waals surface area contributed by atoms with Gasteiger partial charge in [-0.05, 0) is 19.8 Å². The van der Waals surface area contributed by atoms with Gasteiger partial charge in [-0.2, -0.15) is 0 Å². The number of hydrogen-bond donors (Lipinski definition) is 3. The largest absolute Gasteiger partial charge is 0.381 e. The quantitative estimate of drug-likeness (QED) is 0.323. The molecule has 0 radical (unpaired) electrons. The number of nitrogens with one attached hydrogen (secondary N) is 2. The van der Waals surface area contributed by atoms with E-state index in [2.05, 4.69) is 5.32 Å². The molecule has 0 aromatic rings. The summed E-state index contributed by atoms with van der Waals surface area (Å²) in [5, 5.41) is 2.74. The van der Waals surface area contributed by atoms with Crippen LogP contribution in [0, 0.1) is 5.92 Å². The number of hydrazine groups is 1. The van der Waals surface area contributed by atoms with E-state index in [4.69, 9.17) is 10.6 Å². The van der Waals surface area contributed by atoms with E-state index in [1.165, 1.54) is 0 Å². The van der Waals surface area contributed by atoms with Gasteiger partial charge in [0.25, 0.3) is 0 Å². The SMILES string of the molecule is CC(NC(=O)NN)C1CCCOC1. The molecule has 1 fully saturated rings.